The molecule has 2 rings (SSSR count). The lowest BCUT2D eigenvalue weighted by Gasteiger charge is -2.10. The van der Waals surface area contributed by atoms with Crippen LogP contribution < -0.4 is 5.32 Å². The van der Waals surface area contributed by atoms with Crippen molar-refractivity contribution in [3.63, 3.8) is 0 Å². The topological polar surface area (TPSA) is 75.4 Å². The average molecular weight is 327 g/mol. The van der Waals surface area contributed by atoms with E-state index in [1.54, 1.807) is 0 Å². The lowest BCUT2D eigenvalue weighted by Crippen LogP contribution is -2.01. The van der Waals surface area contributed by atoms with E-state index in [0.717, 1.165) is 11.1 Å². The lowest BCUT2D eigenvalue weighted by molar-refractivity contribution is -0.384. The Bertz CT molecular complexity index is 637. The van der Waals surface area contributed by atoms with Crippen molar-refractivity contribution in [2.24, 2.45) is 0 Å². The molecule has 2 aromatic rings. The van der Waals surface area contributed by atoms with Crippen LogP contribution in [0.4, 0.5) is 11.4 Å². The van der Waals surface area contributed by atoms with E-state index in [0.29, 0.717) is 12.2 Å². The molecule has 0 amide bonds. The van der Waals surface area contributed by atoms with Crippen molar-refractivity contribution < 1.29 is 10.0 Å². The molecule has 2 N–H and O–H groups in total. The van der Waals surface area contributed by atoms with Gasteiger partial charge in [-0.25, -0.2) is 0 Å². The Morgan fingerprint density at radius 3 is 2.10 bits per heavy atom. The summed E-state index contributed by atoms with van der Waals surface area (Å²) in [4.78, 5) is 10.2. The number of aliphatic hydroxyl groups excluding tert-OH is 1. The van der Waals surface area contributed by atoms with Gasteiger partial charge in [0.05, 0.1) is 27.3 Å². The number of non-ortho nitro benzene ring substituents is 1. The second-order valence-corrected chi connectivity index (χ2v) is 5.18. The Balaban J connectivity index is 2.14. The molecule has 0 saturated heterocycles. The van der Waals surface area contributed by atoms with Crippen LogP contribution in [0.3, 0.4) is 0 Å². The zero-order chi connectivity index (χ0) is 15.4. The van der Waals surface area contributed by atoms with E-state index in [4.69, 9.17) is 28.3 Å². The molecule has 2 aromatic carbocycles. The molecule has 0 aromatic heterocycles. The summed E-state index contributed by atoms with van der Waals surface area (Å²) in [6.45, 7) is 0.455. The second-order valence-electron chi connectivity index (χ2n) is 4.37. The summed E-state index contributed by atoms with van der Waals surface area (Å²) in [5.74, 6) is 0. The summed E-state index contributed by atoms with van der Waals surface area (Å²) in [7, 11) is 0. The van der Waals surface area contributed by atoms with Crippen molar-refractivity contribution in [2.75, 3.05) is 5.32 Å². The highest BCUT2D eigenvalue weighted by molar-refractivity contribution is 6.39. The molecule has 0 spiro atoms. The number of nitrogens with one attached hydrogen (secondary N) is 1. The van der Waals surface area contributed by atoms with Gasteiger partial charge in [-0.05, 0) is 11.1 Å². The minimum Gasteiger partial charge on any atom is -0.392 e. The largest absolute Gasteiger partial charge is 0.392 e. The minimum atomic E-state index is -0.546. The molecule has 0 bridgehead atoms. The van der Waals surface area contributed by atoms with Gasteiger partial charge in [-0.2, -0.15) is 0 Å². The number of halogens is 2. The van der Waals surface area contributed by atoms with Crippen molar-refractivity contribution in [2.45, 2.75) is 13.2 Å². The summed E-state index contributed by atoms with van der Waals surface area (Å²) in [6.07, 6.45) is 0. The van der Waals surface area contributed by atoms with Gasteiger partial charge in [-0.1, -0.05) is 47.5 Å². The number of rotatable bonds is 5. The zero-order valence-corrected chi connectivity index (χ0v) is 12.4. The number of anilines is 1. The first-order valence-corrected chi connectivity index (χ1v) is 6.83. The number of hydrogen-bond acceptors (Lipinski definition) is 4. The number of nitrogens with zero attached hydrogens (tertiary/aromatic N) is 1. The fourth-order valence-corrected chi connectivity index (χ4v) is 2.40. The SMILES string of the molecule is O=[N+]([O-])c1cc(Cl)c(NCc2ccc(CO)cc2)c(Cl)c1. The van der Waals surface area contributed by atoms with E-state index in [1.807, 2.05) is 24.3 Å². The average Bonchev–Trinajstić information content (AvgIpc) is 2.46. The molecule has 21 heavy (non-hydrogen) atoms. The Morgan fingerprint density at radius 2 is 1.62 bits per heavy atom. The molecular formula is C14H12Cl2N2O3. The third-order valence-electron chi connectivity index (χ3n) is 2.91. The molecular weight excluding hydrogens is 315 g/mol. The fourth-order valence-electron chi connectivity index (χ4n) is 1.79. The minimum absolute atomic E-state index is 0.00623. The molecule has 0 atom stereocenters. The van der Waals surface area contributed by atoms with Crippen LogP contribution in [0.1, 0.15) is 11.1 Å². The Kier molecular flexibility index (Phi) is 5.01. The first-order chi connectivity index (χ1) is 10.0. The molecule has 7 heteroatoms. The van der Waals surface area contributed by atoms with Gasteiger partial charge in [0.15, 0.2) is 0 Å². The molecule has 0 aliphatic carbocycles. The Hall–Kier alpha value is -1.82. The fraction of sp³-hybridized carbons (Fsp3) is 0.143. The number of nitro benzene ring substituents is 1. The van der Waals surface area contributed by atoms with Gasteiger partial charge < -0.3 is 10.4 Å². The van der Waals surface area contributed by atoms with Crippen molar-refractivity contribution in [1.82, 2.24) is 0 Å². The predicted molar refractivity (Wildman–Crippen MR) is 82.8 cm³/mol. The highest BCUT2D eigenvalue weighted by Gasteiger charge is 2.14. The van der Waals surface area contributed by atoms with E-state index in [1.165, 1.54) is 12.1 Å². The van der Waals surface area contributed by atoms with Crippen molar-refractivity contribution in [1.29, 1.82) is 0 Å². The van der Waals surface area contributed by atoms with Gasteiger partial charge in [0.2, 0.25) is 0 Å². The van der Waals surface area contributed by atoms with Crippen LogP contribution in [-0.2, 0) is 13.2 Å². The predicted octanol–water partition coefficient (Wildman–Crippen LogP) is 4.01. The molecule has 0 heterocycles. The van der Waals surface area contributed by atoms with Crippen molar-refractivity contribution >= 4 is 34.6 Å². The summed E-state index contributed by atoms with van der Waals surface area (Å²) < 4.78 is 0. The number of nitro groups is 1. The molecule has 0 aliphatic rings. The molecule has 0 aliphatic heterocycles. The normalized spacial score (nSPS) is 10.4. The van der Waals surface area contributed by atoms with Crippen LogP contribution in [0.25, 0.3) is 0 Å². The van der Waals surface area contributed by atoms with Crippen LogP contribution in [0.15, 0.2) is 36.4 Å². The summed E-state index contributed by atoms with van der Waals surface area (Å²) in [5, 5.41) is 23.1. The van der Waals surface area contributed by atoms with Crippen molar-refractivity contribution in [3.05, 3.63) is 67.7 Å². The summed E-state index contributed by atoms with van der Waals surface area (Å²) in [5.41, 5.74) is 2.10. The van der Waals surface area contributed by atoms with Crippen LogP contribution in [0, 0.1) is 10.1 Å². The van der Waals surface area contributed by atoms with E-state index in [9.17, 15) is 10.1 Å². The molecule has 0 unspecified atom stereocenters. The Morgan fingerprint density at radius 1 is 1.10 bits per heavy atom. The second kappa shape index (κ2) is 6.76. The highest BCUT2D eigenvalue weighted by Crippen LogP contribution is 2.34. The maximum Gasteiger partial charge on any atom is 0.272 e. The van der Waals surface area contributed by atoms with Gasteiger partial charge in [-0.3, -0.25) is 10.1 Å². The van der Waals surface area contributed by atoms with Gasteiger partial charge in [0.25, 0.3) is 5.69 Å². The van der Waals surface area contributed by atoms with Gasteiger partial charge in [0.1, 0.15) is 0 Å². The summed E-state index contributed by atoms with van der Waals surface area (Å²) in [6, 6.07) is 9.87. The van der Waals surface area contributed by atoms with Crippen molar-refractivity contribution in [3.8, 4) is 0 Å². The number of aliphatic hydroxyl groups is 1. The van der Waals surface area contributed by atoms with Crippen LogP contribution in [-0.4, -0.2) is 10.0 Å². The maximum atomic E-state index is 10.7. The Labute approximate surface area is 131 Å². The van der Waals surface area contributed by atoms with Gasteiger partial charge in [-0.15, -0.1) is 0 Å². The first kappa shape index (κ1) is 15.6. The maximum absolute atomic E-state index is 10.7. The standard InChI is InChI=1S/C14H12Cl2N2O3/c15-12-5-11(18(20)21)6-13(16)14(12)17-7-9-1-3-10(8-19)4-2-9/h1-6,17,19H,7-8H2. The van der Waals surface area contributed by atoms with Crippen LogP contribution in [0.2, 0.25) is 10.0 Å². The monoisotopic (exact) mass is 326 g/mol. The highest BCUT2D eigenvalue weighted by atomic mass is 35.5. The van der Waals surface area contributed by atoms with E-state index < -0.39 is 4.92 Å². The quantitative estimate of drug-likeness (QED) is 0.643. The molecule has 0 saturated carbocycles. The van der Waals surface area contributed by atoms with Crippen LogP contribution >= 0.6 is 23.2 Å². The molecule has 5 nitrogen and oxygen atoms in total. The van der Waals surface area contributed by atoms with Gasteiger partial charge in [0, 0.05) is 18.7 Å². The third kappa shape index (κ3) is 3.85. The summed E-state index contributed by atoms with van der Waals surface area (Å²) >= 11 is 12.0. The van der Waals surface area contributed by atoms with E-state index in [-0.39, 0.29) is 22.3 Å². The van der Waals surface area contributed by atoms with Crippen LogP contribution in [0.5, 0.6) is 0 Å². The van der Waals surface area contributed by atoms with Gasteiger partial charge >= 0.3 is 0 Å². The molecule has 0 radical (unpaired) electrons. The lowest BCUT2D eigenvalue weighted by atomic mass is 10.1. The number of hydrogen-bond donors (Lipinski definition) is 2. The van der Waals surface area contributed by atoms with E-state index >= 15 is 0 Å². The third-order valence-corrected chi connectivity index (χ3v) is 3.51. The van der Waals surface area contributed by atoms with E-state index in [2.05, 4.69) is 5.32 Å². The first-order valence-electron chi connectivity index (χ1n) is 6.07. The molecule has 110 valence electrons. The zero-order valence-electron chi connectivity index (χ0n) is 10.8. The smallest absolute Gasteiger partial charge is 0.272 e. The molecule has 0 fully saturated rings. The number of benzene rings is 2.